The highest BCUT2D eigenvalue weighted by Gasteiger charge is 2.34. The minimum atomic E-state index is -0.372. The number of nitrogens with two attached hydrogens (primary N) is 1. The summed E-state index contributed by atoms with van der Waals surface area (Å²) in [4.78, 5) is 25.6. The molecule has 1 heterocycles. The van der Waals surface area contributed by atoms with Crippen LogP contribution in [0.2, 0.25) is 0 Å². The molecule has 0 aromatic heterocycles. The largest absolute Gasteiger partial charge is 0.368 e. The minimum absolute atomic E-state index is 0.120. The molecule has 3 rings (SSSR count). The summed E-state index contributed by atoms with van der Waals surface area (Å²) in [6.45, 7) is 0.686. The molecule has 1 aliphatic carbocycles. The second-order valence-electron chi connectivity index (χ2n) is 6.98. The average molecular weight is 314 g/mol. The molecule has 1 aliphatic heterocycles. The van der Waals surface area contributed by atoms with Gasteiger partial charge in [0.15, 0.2) is 0 Å². The second kappa shape index (κ2) is 7.16. The summed E-state index contributed by atoms with van der Waals surface area (Å²) in [5.74, 6) is 0.849. The van der Waals surface area contributed by atoms with Gasteiger partial charge in [-0.25, -0.2) is 0 Å². The standard InChI is InChI=1S/C19H26N2O2/c20-19(23)17-7-4-12-21(17)18(22)13-14-8-10-16(11-9-14)15-5-2-1-3-6-15/h1-3,5-6,14,16-17H,4,7-13H2,(H2,20,23). The normalized spacial score (nSPS) is 27.8. The molecule has 0 spiro atoms. The number of benzene rings is 1. The number of hydrogen-bond acceptors (Lipinski definition) is 2. The maximum atomic E-state index is 12.5. The van der Waals surface area contributed by atoms with E-state index in [1.54, 1.807) is 4.90 Å². The zero-order valence-corrected chi connectivity index (χ0v) is 13.6. The van der Waals surface area contributed by atoms with E-state index in [4.69, 9.17) is 5.73 Å². The van der Waals surface area contributed by atoms with E-state index in [1.807, 2.05) is 0 Å². The predicted octanol–water partition coefficient (Wildman–Crippen LogP) is 2.83. The van der Waals surface area contributed by atoms with Gasteiger partial charge in [0.25, 0.3) is 0 Å². The fraction of sp³-hybridized carbons (Fsp3) is 0.579. The average Bonchev–Trinajstić information content (AvgIpc) is 3.06. The van der Waals surface area contributed by atoms with Crippen LogP contribution in [0.3, 0.4) is 0 Å². The molecular weight excluding hydrogens is 288 g/mol. The van der Waals surface area contributed by atoms with E-state index in [-0.39, 0.29) is 17.9 Å². The van der Waals surface area contributed by atoms with Crippen molar-refractivity contribution in [3.8, 4) is 0 Å². The van der Waals surface area contributed by atoms with Gasteiger partial charge < -0.3 is 10.6 Å². The molecule has 1 atom stereocenters. The zero-order valence-electron chi connectivity index (χ0n) is 13.6. The Morgan fingerprint density at radius 1 is 1.04 bits per heavy atom. The Balaban J connectivity index is 1.51. The van der Waals surface area contributed by atoms with E-state index < -0.39 is 0 Å². The molecule has 23 heavy (non-hydrogen) atoms. The van der Waals surface area contributed by atoms with Crippen LogP contribution in [0.4, 0.5) is 0 Å². The molecule has 1 saturated heterocycles. The molecule has 2 amide bonds. The molecule has 1 saturated carbocycles. The summed E-state index contributed by atoms with van der Waals surface area (Å²) in [7, 11) is 0. The Morgan fingerprint density at radius 3 is 2.39 bits per heavy atom. The van der Waals surface area contributed by atoms with E-state index in [2.05, 4.69) is 30.3 Å². The summed E-state index contributed by atoms with van der Waals surface area (Å²) in [5, 5.41) is 0. The van der Waals surface area contributed by atoms with Gasteiger partial charge in [-0.2, -0.15) is 0 Å². The molecular formula is C19H26N2O2. The van der Waals surface area contributed by atoms with Crippen LogP contribution in [0.25, 0.3) is 0 Å². The van der Waals surface area contributed by atoms with E-state index >= 15 is 0 Å². The Morgan fingerprint density at radius 2 is 1.74 bits per heavy atom. The van der Waals surface area contributed by atoms with Gasteiger partial charge in [0.05, 0.1) is 0 Å². The Bertz CT molecular complexity index is 550. The number of primary amides is 1. The first-order valence-electron chi connectivity index (χ1n) is 8.79. The fourth-order valence-corrected chi connectivity index (χ4v) is 4.15. The van der Waals surface area contributed by atoms with Crippen LogP contribution in [0.5, 0.6) is 0 Å². The fourth-order valence-electron chi connectivity index (χ4n) is 4.15. The first-order valence-corrected chi connectivity index (χ1v) is 8.79. The van der Waals surface area contributed by atoms with Gasteiger partial charge in [-0.15, -0.1) is 0 Å². The quantitative estimate of drug-likeness (QED) is 0.929. The highest BCUT2D eigenvalue weighted by Crippen LogP contribution is 2.37. The van der Waals surface area contributed by atoms with E-state index in [1.165, 1.54) is 5.56 Å². The maximum Gasteiger partial charge on any atom is 0.240 e. The lowest BCUT2D eigenvalue weighted by atomic mass is 9.77. The van der Waals surface area contributed by atoms with Crippen molar-refractivity contribution in [2.24, 2.45) is 11.7 Å². The molecule has 2 aliphatic rings. The van der Waals surface area contributed by atoms with E-state index in [0.29, 0.717) is 24.8 Å². The van der Waals surface area contributed by atoms with Crippen molar-refractivity contribution in [1.29, 1.82) is 0 Å². The SMILES string of the molecule is NC(=O)C1CCCN1C(=O)CC1CCC(c2ccccc2)CC1. The second-order valence-corrected chi connectivity index (χ2v) is 6.98. The summed E-state index contributed by atoms with van der Waals surface area (Å²) < 4.78 is 0. The van der Waals surface area contributed by atoms with Gasteiger partial charge in [-0.05, 0) is 55.9 Å². The molecule has 4 nitrogen and oxygen atoms in total. The molecule has 2 N–H and O–H groups in total. The summed E-state index contributed by atoms with van der Waals surface area (Å²) >= 11 is 0. The number of likely N-dealkylation sites (tertiary alicyclic amines) is 1. The molecule has 2 fully saturated rings. The van der Waals surface area contributed by atoms with E-state index in [9.17, 15) is 9.59 Å². The van der Waals surface area contributed by atoms with Crippen LogP contribution in [0, 0.1) is 5.92 Å². The van der Waals surface area contributed by atoms with Crippen LogP contribution in [-0.2, 0) is 9.59 Å². The predicted molar refractivity (Wildman–Crippen MR) is 89.7 cm³/mol. The van der Waals surface area contributed by atoms with Gasteiger partial charge in [0, 0.05) is 13.0 Å². The van der Waals surface area contributed by atoms with Gasteiger partial charge in [-0.1, -0.05) is 30.3 Å². The van der Waals surface area contributed by atoms with Crippen LogP contribution < -0.4 is 5.73 Å². The highest BCUT2D eigenvalue weighted by molar-refractivity contribution is 5.87. The van der Waals surface area contributed by atoms with Crippen molar-refractivity contribution in [2.75, 3.05) is 6.54 Å². The summed E-state index contributed by atoms with van der Waals surface area (Å²) in [6, 6.07) is 10.3. The van der Waals surface area contributed by atoms with Crippen molar-refractivity contribution >= 4 is 11.8 Å². The minimum Gasteiger partial charge on any atom is -0.368 e. The first kappa shape index (κ1) is 16.0. The van der Waals surface area contributed by atoms with Crippen LogP contribution >= 0.6 is 0 Å². The lowest BCUT2D eigenvalue weighted by Gasteiger charge is -2.30. The molecule has 124 valence electrons. The molecule has 0 bridgehead atoms. The van der Waals surface area contributed by atoms with Gasteiger partial charge in [0.1, 0.15) is 6.04 Å². The third-order valence-electron chi connectivity index (χ3n) is 5.48. The number of carbonyl (C=O) groups is 2. The molecule has 0 radical (unpaired) electrons. The lowest BCUT2D eigenvalue weighted by molar-refractivity contribution is -0.138. The smallest absolute Gasteiger partial charge is 0.240 e. The molecule has 1 aromatic carbocycles. The van der Waals surface area contributed by atoms with Crippen molar-refractivity contribution in [2.45, 2.75) is 56.9 Å². The third kappa shape index (κ3) is 3.74. The van der Waals surface area contributed by atoms with Gasteiger partial charge >= 0.3 is 0 Å². The molecule has 4 heteroatoms. The third-order valence-corrected chi connectivity index (χ3v) is 5.48. The number of amides is 2. The summed E-state index contributed by atoms with van der Waals surface area (Å²) in [6.07, 6.45) is 6.69. The van der Waals surface area contributed by atoms with Crippen molar-refractivity contribution in [1.82, 2.24) is 4.90 Å². The number of carbonyl (C=O) groups excluding carboxylic acids is 2. The van der Waals surface area contributed by atoms with E-state index in [0.717, 1.165) is 38.5 Å². The Kier molecular flexibility index (Phi) is 4.99. The Hall–Kier alpha value is -1.84. The highest BCUT2D eigenvalue weighted by atomic mass is 16.2. The zero-order chi connectivity index (χ0) is 16.2. The van der Waals surface area contributed by atoms with Crippen LogP contribution in [-0.4, -0.2) is 29.3 Å². The number of nitrogens with zero attached hydrogens (tertiary/aromatic N) is 1. The summed E-state index contributed by atoms with van der Waals surface area (Å²) in [5.41, 5.74) is 6.83. The van der Waals surface area contributed by atoms with Crippen LogP contribution in [0.1, 0.15) is 56.4 Å². The molecule has 1 unspecified atom stereocenters. The van der Waals surface area contributed by atoms with Crippen molar-refractivity contribution in [3.63, 3.8) is 0 Å². The van der Waals surface area contributed by atoms with Crippen molar-refractivity contribution in [3.05, 3.63) is 35.9 Å². The Labute approximate surface area is 138 Å². The monoisotopic (exact) mass is 314 g/mol. The van der Waals surface area contributed by atoms with Gasteiger partial charge in [0.2, 0.25) is 11.8 Å². The number of hydrogen-bond donors (Lipinski definition) is 1. The van der Waals surface area contributed by atoms with Crippen LogP contribution in [0.15, 0.2) is 30.3 Å². The van der Waals surface area contributed by atoms with Gasteiger partial charge in [-0.3, -0.25) is 9.59 Å². The maximum absolute atomic E-state index is 12.5. The lowest BCUT2D eigenvalue weighted by Crippen LogP contribution is -2.44. The topological polar surface area (TPSA) is 63.4 Å². The number of rotatable bonds is 4. The molecule has 1 aromatic rings. The first-order chi connectivity index (χ1) is 11.1. The van der Waals surface area contributed by atoms with Crippen molar-refractivity contribution < 1.29 is 9.59 Å².